The first-order valence-electron chi connectivity index (χ1n) is 6.07. The number of hydrogen-bond acceptors (Lipinski definition) is 2. The normalized spacial score (nSPS) is 11.6. The summed E-state index contributed by atoms with van der Waals surface area (Å²) in [6.07, 6.45) is 12.8. The van der Waals surface area contributed by atoms with Crippen molar-refractivity contribution in [2.45, 2.75) is 32.6 Å². The summed E-state index contributed by atoms with van der Waals surface area (Å²) in [5, 5.41) is 18.5. The van der Waals surface area contributed by atoms with Gasteiger partial charge in [-0.25, -0.2) is 0 Å². The summed E-state index contributed by atoms with van der Waals surface area (Å²) in [7, 11) is 0. The van der Waals surface area contributed by atoms with Gasteiger partial charge in [-0.1, -0.05) is 50.1 Å². The van der Waals surface area contributed by atoms with E-state index >= 15 is 0 Å². The van der Waals surface area contributed by atoms with Crippen LogP contribution >= 0.6 is 0 Å². The Morgan fingerprint density at radius 2 is 1.88 bits per heavy atom. The van der Waals surface area contributed by atoms with E-state index in [0.29, 0.717) is 0 Å². The highest BCUT2D eigenvalue weighted by atomic mass is 16.3. The van der Waals surface area contributed by atoms with Gasteiger partial charge in [-0.05, 0) is 30.5 Å². The Balaban J connectivity index is 2.38. The number of phenolic OH excluding ortho intramolecular Hbond substituents is 2. The van der Waals surface area contributed by atoms with Gasteiger partial charge in [0, 0.05) is 0 Å². The number of hydrogen-bond donors (Lipinski definition) is 2. The molecule has 2 heteroatoms. The second kappa shape index (κ2) is 7.55. The van der Waals surface area contributed by atoms with Crippen LogP contribution in [0, 0.1) is 0 Å². The molecule has 2 N–H and O–H groups in total. The van der Waals surface area contributed by atoms with Crippen molar-refractivity contribution in [2.24, 2.45) is 0 Å². The molecule has 0 aliphatic carbocycles. The monoisotopic (exact) mass is 232 g/mol. The topological polar surface area (TPSA) is 40.5 Å². The van der Waals surface area contributed by atoms with Crippen molar-refractivity contribution in [3.05, 3.63) is 42.0 Å². The first kappa shape index (κ1) is 13.4. The van der Waals surface area contributed by atoms with Crippen LogP contribution in [-0.4, -0.2) is 10.2 Å². The molecule has 92 valence electrons. The Bertz CT molecular complexity index is 392. The number of rotatable bonds is 6. The van der Waals surface area contributed by atoms with Crippen LogP contribution in [0.2, 0.25) is 0 Å². The van der Waals surface area contributed by atoms with Gasteiger partial charge in [0.05, 0.1) is 0 Å². The van der Waals surface area contributed by atoms with Crippen LogP contribution in [0.3, 0.4) is 0 Å². The molecule has 0 atom stereocenters. The predicted molar refractivity (Wildman–Crippen MR) is 72.1 cm³/mol. The van der Waals surface area contributed by atoms with Crippen molar-refractivity contribution in [2.75, 3.05) is 0 Å². The molecule has 0 aromatic heterocycles. The number of phenols is 2. The molecule has 0 radical (unpaired) electrons. The van der Waals surface area contributed by atoms with E-state index in [9.17, 15) is 5.11 Å². The lowest BCUT2D eigenvalue weighted by molar-refractivity contribution is 0.403. The second-order valence-electron chi connectivity index (χ2n) is 4.00. The van der Waals surface area contributed by atoms with Crippen LogP contribution in [0.15, 0.2) is 36.4 Å². The average Bonchev–Trinajstić information content (AvgIpc) is 2.32. The smallest absolute Gasteiger partial charge is 0.157 e. The second-order valence-corrected chi connectivity index (χ2v) is 4.00. The van der Waals surface area contributed by atoms with Crippen LogP contribution < -0.4 is 0 Å². The Kier molecular flexibility index (Phi) is 5.94. The van der Waals surface area contributed by atoms with E-state index in [2.05, 4.69) is 19.1 Å². The maximum absolute atomic E-state index is 9.30. The molecule has 0 saturated carbocycles. The van der Waals surface area contributed by atoms with Gasteiger partial charge in [-0.3, -0.25) is 0 Å². The summed E-state index contributed by atoms with van der Waals surface area (Å²) < 4.78 is 0. The van der Waals surface area contributed by atoms with Gasteiger partial charge in [0.15, 0.2) is 11.5 Å². The first-order chi connectivity index (χ1) is 8.24. The fourth-order valence-electron chi connectivity index (χ4n) is 1.46. The van der Waals surface area contributed by atoms with E-state index in [1.807, 2.05) is 12.2 Å². The SMILES string of the molecule is CCCC/C=C\C/C=C\c1ccc(O)c(O)c1. The maximum Gasteiger partial charge on any atom is 0.157 e. The fourth-order valence-corrected chi connectivity index (χ4v) is 1.46. The molecule has 17 heavy (non-hydrogen) atoms. The molecule has 0 amide bonds. The lowest BCUT2D eigenvalue weighted by Crippen LogP contribution is -1.73. The van der Waals surface area contributed by atoms with Crippen molar-refractivity contribution in [3.63, 3.8) is 0 Å². The lowest BCUT2D eigenvalue weighted by Gasteiger charge is -1.97. The van der Waals surface area contributed by atoms with Gasteiger partial charge >= 0.3 is 0 Å². The molecule has 2 nitrogen and oxygen atoms in total. The Morgan fingerprint density at radius 1 is 1.06 bits per heavy atom. The molecule has 1 aromatic rings. The number of unbranched alkanes of at least 4 members (excludes halogenated alkanes) is 2. The Hall–Kier alpha value is -1.70. The van der Waals surface area contributed by atoms with Crippen LogP contribution in [-0.2, 0) is 0 Å². The van der Waals surface area contributed by atoms with Gasteiger partial charge in [-0.2, -0.15) is 0 Å². The van der Waals surface area contributed by atoms with Crippen molar-refractivity contribution in [1.82, 2.24) is 0 Å². The van der Waals surface area contributed by atoms with Gasteiger partial charge in [0.1, 0.15) is 0 Å². The largest absolute Gasteiger partial charge is 0.504 e. The molecular formula is C15H20O2. The van der Waals surface area contributed by atoms with Crippen LogP contribution in [0.4, 0.5) is 0 Å². The summed E-state index contributed by atoms with van der Waals surface area (Å²) in [4.78, 5) is 0. The van der Waals surface area contributed by atoms with Gasteiger partial charge < -0.3 is 10.2 Å². The minimum atomic E-state index is -0.0818. The number of allylic oxidation sites excluding steroid dienone is 3. The molecule has 0 spiro atoms. The predicted octanol–water partition coefficient (Wildman–Crippen LogP) is 4.25. The standard InChI is InChI=1S/C15H20O2/c1-2-3-4-5-6-7-8-9-13-10-11-14(16)15(17)12-13/h5-6,8-12,16-17H,2-4,7H2,1H3/b6-5-,9-8-. The molecule has 0 fully saturated rings. The van der Waals surface area contributed by atoms with E-state index in [4.69, 9.17) is 5.11 Å². The zero-order valence-corrected chi connectivity index (χ0v) is 10.3. The minimum Gasteiger partial charge on any atom is -0.504 e. The lowest BCUT2D eigenvalue weighted by atomic mass is 10.1. The minimum absolute atomic E-state index is 0.0781. The van der Waals surface area contributed by atoms with Gasteiger partial charge in [0.25, 0.3) is 0 Å². The first-order valence-corrected chi connectivity index (χ1v) is 6.07. The van der Waals surface area contributed by atoms with E-state index in [1.165, 1.54) is 18.9 Å². The van der Waals surface area contributed by atoms with E-state index in [1.54, 1.807) is 12.1 Å². The average molecular weight is 232 g/mol. The summed E-state index contributed by atoms with van der Waals surface area (Å²) in [6, 6.07) is 4.81. The van der Waals surface area contributed by atoms with E-state index in [-0.39, 0.29) is 11.5 Å². The van der Waals surface area contributed by atoms with Crippen molar-refractivity contribution >= 4 is 6.08 Å². The zero-order chi connectivity index (χ0) is 12.5. The molecule has 0 unspecified atom stereocenters. The van der Waals surface area contributed by atoms with Gasteiger partial charge in [0.2, 0.25) is 0 Å². The van der Waals surface area contributed by atoms with Crippen LogP contribution in [0.1, 0.15) is 38.2 Å². The third-order valence-electron chi connectivity index (χ3n) is 2.47. The summed E-state index contributed by atoms with van der Waals surface area (Å²) in [6.45, 7) is 2.19. The third-order valence-corrected chi connectivity index (χ3v) is 2.47. The van der Waals surface area contributed by atoms with Crippen LogP contribution in [0.5, 0.6) is 11.5 Å². The highest BCUT2D eigenvalue weighted by molar-refractivity contribution is 5.55. The number of aromatic hydroxyl groups is 2. The molecule has 0 aliphatic heterocycles. The summed E-state index contributed by atoms with van der Waals surface area (Å²) in [5.74, 6) is -0.160. The van der Waals surface area contributed by atoms with Crippen molar-refractivity contribution in [1.29, 1.82) is 0 Å². The van der Waals surface area contributed by atoms with Crippen LogP contribution in [0.25, 0.3) is 6.08 Å². The van der Waals surface area contributed by atoms with E-state index in [0.717, 1.165) is 18.4 Å². The number of benzene rings is 1. The van der Waals surface area contributed by atoms with Crippen molar-refractivity contribution < 1.29 is 10.2 Å². The molecular weight excluding hydrogens is 212 g/mol. The summed E-state index contributed by atoms with van der Waals surface area (Å²) >= 11 is 0. The summed E-state index contributed by atoms with van der Waals surface area (Å²) in [5.41, 5.74) is 0.891. The maximum atomic E-state index is 9.30. The highest BCUT2D eigenvalue weighted by Gasteiger charge is 1.96. The molecule has 1 rings (SSSR count). The molecule has 0 heterocycles. The molecule has 0 bridgehead atoms. The molecule has 0 aliphatic rings. The van der Waals surface area contributed by atoms with Gasteiger partial charge in [-0.15, -0.1) is 0 Å². The zero-order valence-electron chi connectivity index (χ0n) is 10.3. The quantitative estimate of drug-likeness (QED) is 0.437. The van der Waals surface area contributed by atoms with Crippen molar-refractivity contribution in [3.8, 4) is 11.5 Å². The Morgan fingerprint density at radius 3 is 2.59 bits per heavy atom. The van der Waals surface area contributed by atoms with E-state index < -0.39 is 0 Å². The Labute approximate surface area is 103 Å². The molecule has 1 aromatic carbocycles. The third kappa shape index (κ3) is 5.25. The highest BCUT2D eigenvalue weighted by Crippen LogP contribution is 2.25. The molecule has 0 saturated heterocycles. The fraction of sp³-hybridized carbons (Fsp3) is 0.333.